The van der Waals surface area contributed by atoms with Gasteiger partial charge >= 0.3 is 0 Å². The number of piperidine rings is 2. The third-order valence-electron chi connectivity index (χ3n) is 12.7. The predicted molar refractivity (Wildman–Crippen MR) is 214 cm³/mol. The summed E-state index contributed by atoms with van der Waals surface area (Å²) in [6.45, 7) is 6.83. The largest absolute Gasteiger partial charge is 0.508 e. The summed E-state index contributed by atoms with van der Waals surface area (Å²) in [6, 6.07) is 25.0. The normalized spacial score (nSPS) is 22.9. The molecule has 0 radical (unpaired) electrons. The summed E-state index contributed by atoms with van der Waals surface area (Å²) < 4.78 is 27.1. The molecule has 5 aliphatic rings. The first-order valence-electron chi connectivity index (χ1n) is 20.1. The van der Waals surface area contributed by atoms with Crippen LogP contribution in [0.25, 0.3) is 0 Å². The molecule has 0 aliphatic carbocycles. The van der Waals surface area contributed by atoms with Gasteiger partial charge in [0.05, 0.1) is 19.4 Å². The fourth-order valence-corrected chi connectivity index (χ4v) is 9.57. The zero-order valence-corrected chi connectivity index (χ0v) is 32.2. The minimum absolute atomic E-state index is 0.0711. The number of hydrogen-bond donors (Lipinski definition) is 2. The van der Waals surface area contributed by atoms with Crippen LogP contribution in [0.15, 0.2) is 78.9 Å². The van der Waals surface area contributed by atoms with E-state index in [9.17, 15) is 19.5 Å². The summed E-state index contributed by atoms with van der Waals surface area (Å²) in [5.74, 6) is 0.931. The van der Waals surface area contributed by atoms with E-state index < -0.39 is 17.8 Å². The standard InChI is InChI=1S/C45H48FN5O6/c1-56-34-9-4-29(5-10-34)37-27-57-41-23-33(52)8-11-35(41)43(37)30-2-6-32(7-3-30)49-16-14-28(15-17-49)25-48-18-20-50(21-19-48)40-22-31-26-51(45(55)36(31)24-38(40)46)39-12-13-42(53)47-44(39)54/h2-11,22-24,28,37,39,43,52H,12-21,25-27H2,1H3,(H,47,53,54)/t37-,39+,43?/m1/s1. The first-order chi connectivity index (χ1) is 27.7. The number of phenols is 1. The minimum Gasteiger partial charge on any atom is -0.508 e. The summed E-state index contributed by atoms with van der Waals surface area (Å²) in [5.41, 5.74) is 6.21. The van der Waals surface area contributed by atoms with Crippen LogP contribution in [0, 0.1) is 11.7 Å². The number of phenolic OH excluding ortho intramolecular Hbond substituents is 1. The van der Waals surface area contributed by atoms with Crippen molar-refractivity contribution >= 4 is 29.1 Å². The average Bonchev–Trinajstić information content (AvgIpc) is 3.54. The second kappa shape index (κ2) is 15.4. The number of nitrogens with one attached hydrogen (secondary N) is 1. The number of rotatable bonds is 8. The third kappa shape index (κ3) is 7.27. The van der Waals surface area contributed by atoms with Gasteiger partial charge in [0.15, 0.2) is 0 Å². The Morgan fingerprint density at radius 1 is 0.842 bits per heavy atom. The molecular weight excluding hydrogens is 726 g/mol. The van der Waals surface area contributed by atoms with Crippen LogP contribution in [0.2, 0.25) is 0 Å². The molecular formula is C45H48FN5O6. The molecule has 0 aromatic heterocycles. The van der Waals surface area contributed by atoms with Crippen molar-refractivity contribution in [3.05, 3.63) is 112 Å². The van der Waals surface area contributed by atoms with Gasteiger partial charge < -0.3 is 29.3 Å². The fraction of sp³-hybridized carbons (Fsp3) is 0.400. The van der Waals surface area contributed by atoms with Gasteiger partial charge in [0.25, 0.3) is 5.91 Å². The molecule has 9 rings (SSSR count). The van der Waals surface area contributed by atoms with E-state index in [0.717, 1.165) is 68.2 Å². The van der Waals surface area contributed by atoms with E-state index in [1.54, 1.807) is 25.3 Å². The quantitative estimate of drug-likeness (QED) is 0.220. The molecule has 4 aromatic carbocycles. The third-order valence-corrected chi connectivity index (χ3v) is 12.7. The Hall–Kier alpha value is -5.62. The summed E-state index contributed by atoms with van der Waals surface area (Å²) in [5, 5.41) is 12.5. The lowest BCUT2D eigenvalue weighted by Gasteiger charge is -2.40. The van der Waals surface area contributed by atoms with E-state index in [-0.39, 0.29) is 48.8 Å². The monoisotopic (exact) mass is 773 g/mol. The molecule has 4 aromatic rings. The van der Waals surface area contributed by atoms with Crippen molar-refractivity contribution in [2.24, 2.45) is 5.92 Å². The maximum absolute atomic E-state index is 15.5. The second-order valence-corrected chi connectivity index (χ2v) is 16.1. The number of fused-ring (bicyclic) bond motifs is 2. The Labute approximate surface area is 331 Å². The van der Waals surface area contributed by atoms with E-state index in [1.807, 2.05) is 18.2 Å². The van der Waals surface area contributed by atoms with Gasteiger partial charge in [0.2, 0.25) is 11.8 Å². The van der Waals surface area contributed by atoms with Crippen LogP contribution in [0.5, 0.6) is 17.2 Å². The first-order valence-corrected chi connectivity index (χ1v) is 20.1. The molecule has 11 nitrogen and oxygen atoms in total. The fourth-order valence-electron chi connectivity index (χ4n) is 9.57. The van der Waals surface area contributed by atoms with Crippen molar-refractivity contribution in [2.75, 3.05) is 69.3 Å². The number of hydrogen-bond acceptors (Lipinski definition) is 9. The number of anilines is 2. The zero-order chi connectivity index (χ0) is 39.2. The predicted octanol–water partition coefficient (Wildman–Crippen LogP) is 5.65. The molecule has 3 atom stereocenters. The number of carbonyl (C=O) groups is 3. The molecule has 3 saturated heterocycles. The lowest BCUT2D eigenvalue weighted by Crippen LogP contribution is -2.52. The smallest absolute Gasteiger partial charge is 0.255 e. The van der Waals surface area contributed by atoms with Crippen LogP contribution >= 0.6 is 0 Å². The Morgan fingerprint density at radius 2 is 1.58 bits per heavy atom. The number of carbonyl (C=O) groups excluding carboxylic acids is 3. The van der Waals surface area contributed by atoms with Gasteiger partial charge in [-0.1, -0.05) is 30.3 Å². The Kier molecular flexibility index (Phi) is 9.98. The Balaban J connectivity index is 0.794. The minimum atomic E-state index is -0.719. The number of amides is 3. The number of ether oxygens (including phenoxy) is 2. The molecule has 57 heavy (non-hydrogen) atoms. The Bertz CT molecular complexity index is 2160. The number of methoxy groups -OCH3 is 1. The number of piperazine rings is 1. The topological polar surface area (TPSA) is 115 Å². The highest BCUT2D eigenvalue weighted by atomic mass is 19.1. The van der Waals surface area contributed by atoms with Crippen LogP contribution in [-0.2, 0) is 16.1 Å². The lowest BCUT2D eigenvalue weighted by molar-refractivity contribution is -0.136. The Morgan fingerprint density at radius 3 is 2.30 bits per heavy atom. The maximum Gasteiger partial charge on any atom is 0.255 e. The van der Waals surface area contributed by atoms with Gasteiger partial charge in [-0.05, 0) is 84.3 Å². The summed E-state index contributed by atoms with van der Waals surface area (Å²) in [6.07, 6.45) is 2.68. The first kappa shape index (κ1) is 37.0. The van der Waals surface area contributed by atoms with E-state index >= 15 is 4.39 Å². The highest BCUT2D eigenvalue weighted by Crippen LogP contribution is 2.47. The van der Waals surface area contributed by atoms with Crippen LogP contribution in [0.4, 0.5) is 15.8 Å². The van der Waals surface area contributed by atoms with Gasteiger partial charge in [-0.3, -0.25) is 24.6 Å². The van der Waals surface area contributed by atoms with Crippen molar-refractivity contribution in [3.63, 3.8) is 0 Å². The molecule has 12 heteroatoms. The van der Waals surface area contributed by atoms with Crippen molar-refractivity contribution in [3.8, 4) is 17.2 Å². The van der Waals surface area contributed by atoms with E-state index in [2.05, 4.69) is 56.4 Å². The van der Waals surface area contributed by atoms with Gasteiger partial charge in [-0.25, -0.2) is 4.39 Å². The van der Waals surface area contributed by atoms with Crippen LogP contribution in [0.1, 0.15) is 70.1 Å². The maximum atomic E-state index is 15.5. The second-order valence-electron chi connectivity index (χ2n) is 16.1. The van der Waals surface area contributed by atoms with Gasteiger partial charge in [-0.15, -0.1) is 0 Å². The molecule has 5 aliphatic heterocycles. The molecule has 1 unspecified atom stereocenters. The number of nitrogens with zero attached hydrogens (tertiary/aromatic N) is 4. The zero-order valence-electron chi connectivity index (χ0n) is 32.2. The van der Waals surface area contributed by atoms with E-state index in [1.165, 1.54) is 27.8 Å². The number of halogens is 1. The van der Waals surface area contributed by atoms with Crippen LogP contribution in [-0.4, -0.2) is 98.2 Å². The van der Waals surface area contributed by atoms with Crippen molar-refractivity contribution in [1.29, 1.82) is 0 Å². The molecule has 2 N–H and O–H groups in total. The molecule has 0 spiro atoms. The molecule has 3 fully saturated rings. The van der Waals surface area contributed by atoms with E-state index in [0.29, 0.717) is 36.9 Å². The molecule has 0 saturated carbocycles. The summed E-state index contributed by atoms with van der Waals surface area (Å²) >= 11 is 0. The van der Waals surface area contributed by atoms with Gasteiger partial charge in [0.1, 0.15) is 29.1 Å². The highest BCUT2D eigenvalue weighted by Gasteiger charge is 2.40. The van der Waals surface area contributed by atoms with Crippen LogP contribution in [0.3, 0.4) is 0 Å². The van der Waals surface area contributed by atoms with Gasteiger partial charge in [-0.2, -0.15) is 0 Å². The average molecular weight is 774 g/mol. The van der Waals surface area contributed by atoms with Crippen molar-refractivity contribution < 1.29 is 33.4 Å². The number of imide groups is 1. The number of aromatic hydroxyl groups is 1. The molecule has 5 heterocycles. The van der Waals surface area contributed by atoms with E-state index in [4.69, 9.17) is 9.47 Å². The van der Waals surface area contributed by atoms with Crippen molar-refractivity contribution in [1.82, 2.24) is 15.1 Å². The van der Waals surface area contributed by atoms with Crippen molar-refractivity contribution in [2.45, 2.75) is 50.1 Å². The van der Waals surface area contributed by atoms with Gasteiger partial charge in [0, 0.05) is 93.5 Å². The molecule has 296 valence electrons. The summed E-state index contributed by atoms with van der Waals surface area (Å²) in [4.78, 5) is 45.7. The summed E-state index contributed by atoms with van der Waals surface area (Å²) in [7, 11) is 1.67. The SMILES string of the molecule is COc1ccc([C@H]2COc3cc(O)ccc3C2c2ccc(N3CCC(CN4CCN(c5cc6c(cc5F)C(=O)N([C@H]5CCC(=O)NC5=O)C6)CC4)CC3)cc2)cc1. The number of benzene rings is 4. The highest BCUT2D eigenvalue weighted by molar-refractivity contribution is 6.05. The lowest BCUT2D eigenvalue weighted by atomic mass is 9.76. The molecule has 3 amide bonds. The molecule has 0 bridgehead atoms. The van der Waals surface area contributed by atoms with Crippen LogP contribution < -0.4 is 24.6 Å².